The molecular formula is C23H24N4O3. The topological polar surface area (TPSA) is 84.4 Å². The summed E-state index contributed by atoms with van der Waals surface area (Å²) in [7, 11) is 1.60. The van der Waals surface area contributed by atoms with Gasteiger partial charge in [0.15, 0.2) is 0 Å². The molecule has 1 aromatic carbocycles. The number of para-hydroxylation sites is 1. The van der Waals surface area contributed by atoms with Gasteiger partial charge in [-0.3, -0.25) is 19.6 Å². The fraction of sp³-hybridized carbons (Fsp3) is 0.304. The van der Waals surface area contributed by atoms with Gasteiger partial charge in [-0.2, -0.15) is 0 Å². The van der Waals surface area contributed by atoms with Crippen molar-refractivity contribution in [2.75, 3.05) is 33.4 Å². The van der Waals surface area contributed by atoms with Crippen LogP contribution < -0.4 is 5.32 Å². The monoisotopic (exact) mass is 404 g/mol. The van der Waals surface area contributed by atoms with Gasteiger partial charge < -0.3 is 15.0 Å². The Hall–Kier alpha value is -3.32. The number of nitrogens with one attached hydrogen (secondary N) is 1. The second-order valence-electron chi connectivity index (χ2n) is 7.34. The summed E-state index contributed by atoms with van der Waals surface area (Å²) in [5.74, 6) is -0.0853. The van der Waals surface area contributed by atoms with Crippen LogP contribution in [0.4, 0.5) is 0 Å². The zero-order valence-electron chi connectivity index (χ0n) is 16.9. The summed E-state index contributed by atoms with van der Waals surface area (Å²) >= 11 is 0. The summed E-state index contributed by atoms with van der Waals surface area (Å²) in [6, 6.07) is 13.0. The van der Waals surface area contributed by atoms with Crippen LogP contribution in [0.25, 0.3) is 10.9 Å². The van der Waals surface area contributed by atoms with Gasteiger partial charge in [0, 0.05) is 56.1 Å². The summed E-state index contributed by atoms with van der Waals surface area (Å²) in [6.45, 7) is 2.12. The number of hydrogen-bond donors (Lipinski definition) is 1. The predicted molar refractivity (Wildman–Crippen MR) is 113 cm³/mol. The van der Waals surface area contributed by atoms with E-state index in [1.807, 2.05) is 35.2 Å². The SMILES string of the molecule is COCCNC(=O)c1cc(C2CCN(C(=O)c3cccnc3)C2)nc2ccccc12. The molecule has 1 aliphatic rings. The Morgan fingerprint density at radius 3 is 2.90 bits per heavy atom. The molecule has 0 bridgehead atoms. The summed E-state index contributed by atoms with van der Waals surface area (Å²) in [5.41, 5.74) is 2.81. The van der Waals surface area contributed by atoms with Gasteiger partial charge in [-0.05, 0) is 30.7 Å². The smallest absolute Gasteiger partial charge is 0.255 e. The quantitative estimate of drug-likeness (QED) is 0.639. The Balaban J connectivity index is 1.58. The van der Waals surface area contributed by atoms with Crippen molar-refractivity contribution >= 4 is 22.7 Å². The fourth-order valence-corrected chi connectivity index (χ4v) is 3.81. The number of nitrogens with zero attached hydrogens (tertiary/aromatic N) is 3. The number of carbonyl (C=O) groups excluding carboxylic acids is 2. The van der Waals surface area contributed by atoms with Gasteiger partial charge in [0.25, 0.3) is 11.8 Å². The first-order chi connectivity index (χ1) is 14.7. The molecule has 1 aliphatic heterocycles. The molecule has 7 heteroatoms. The van der Waals surface area contributed by atoms with Crippen LogP contribution in [0, 0.1) is 0 Å². The van der Waals surface area contributed by atoms with Crippen molar-refractivity contribution in [1.82, 2.24) is 20.2 Å². The number of rotatable bonds is 6. The molecule has 2 aromatic heterocycles. The molecule has 1 N–H and O–H groups in total. The molecule has 30 heavy (non-hydrogen) atoms. The summed E-state index contributed by atoms with van der Waals surface area (Å²) in [4.78, 5) is 36.2. The van der Waals surface area contributed by atoms with Crippen molar-refractivity contribution in [1.29, 1.82) is 0 Å². The number of likely N-dealkylation sites (tertiary alicyclic amines) is 1. The van der Waals surface area contributed by atoms with E-state index in [0.29, 0.717) is 37.4 Å². The van der Waals surface area contributed by atoms with Crippen LogP contribution >= 0.6 is 0 Å². The number of amides is 2. The van der Waals surface area contributed by atoms with Crippen LogP contribution in [-0.2, 0) is 4.74 Å². The molecule has 3 heterocycles. The van der Waals surface area contributed by atoms with Crippen LogP contribution in [0.1, 0.15) is 38.7 Å². The van der Waals surface area contributed by atoms with Gasteiger partial charge in [0.2, 0.25) is 0 Å². The Kier molecular flexibility index (Phi) is 5.99. The Morgan fingerprint density at radius 1 is 1.23 bits per heavy atom. The van der Waals surface area contributed by atoms with E-state index in [1.54, 1.807) is 31.6 Å². The lowest BCUT2D eigenvalue weighted by atomic mass is 9.99. The molecule has 3 aromatic rings. The number of fused-ring (bicyclic) bond motifs is 1. The highest BCUT2D eigenvalue weighted by molar-refractivity contribution is 6.06. The molecule has 1 saturated heterocycles. The van der Waals surface area contributed by atoms with E-state index in [-0.39, 0.29) is 17.7 Å². The van der Waals surface area contributed by atoms with E-state index < -0.39 is 0 Å². The van der Waals surface area contributed by atoms with Crippen LogP contribution in [0.2, 0.25) is 0 Å². The zero-order chi connectivity index (χ0) is 20.9. The van der Waals surface area contributed by atoms with Gasteiger partial charge in [0.1, 0.15) is 0 Å². The molecule has 2 amide bonds. The second kappa shape index (κ2) is 9.00. The number of ether oxygens (including phenoxy) is 1. The number of carbonyl (C=O) groups is 2. The van der Waals surface area contributed by atoms with Gasteiger partial charge in [-0.25, -0.2) is 0 Å². The molecule has 1 fully saturated rings. The van der Waals surface area contributed by atoms with Crippen molar-refractivity contribution in [2.24, 2.45) is 0 Å². The van der Waals surface area contributed by atoms with Crippen molar-refractivity contribution in [3.8, 4) is 0 Å². The minimum absolute atomic E-state index is 0.0241. The molecule has 0 aliphatic carbocycles. The van der Waals surface area contributed by atoms with Gasteiger partial charge in [-0.1, -0.05) is 18.2 Å². The van der Waals surface area contributed by atoms with E-state index in [2.05, 4.69) is 10.3 Å². The molecule has 1 atom stereocenters. The van der Waals surface area contributed by atoms with E-state index in [4.69, 9.17) is 9.72 Å². The fourth-order valence-electron chi connectivity index (χ4n) is 3.81. The number of methoxy groups -OCH3 is 1. The molecule has 7 nitrogen and oxygen atoms in total. The molecule has 4 rings (SSSR count). The Bertz CT molecular complexity index is 1050. The lowest BCUT2D eigenvalue weighted by Gasteiger charge is -2.17. The average Bonchev–Trinajstić information content (AvgIpc) is 3.29. The van der Waals surface area contributed by atoms with Crippen molar-refractivity contribution in [3.63, 3.8) is 0 Å². The van der Waals surface area contributed by atoms with Crippen molar-refractivity contribution in [2.45, 2.75) is 12.3 Å². The Labute approximate surface area is 175 Å². The second-order valence-corrected chi connectivity index (χ2v) is 7.34. The predicted octanol–water partition coefficient (Wildman–Crippen LogP) is 2.64. The van der Waals surface area contributed by atoms with E-state index in [9.17, 15) is 9.59 Å². The minimum atomic E-state index is -0.145. The number of aromatic nitrogens is 2. The van der Waals surface area contributed by atoms with E-state index >= 15 is 0 Å². The molecule has 1 unspecified atom stereocenters. The van der Waals surface area contributed by atoms with Gasteiger partial charge in [-0.15, -0.1) is 0 Å². The minimum Gasteiger partial charge on any atom is -0.383 e. The molecule has 0 spiro atoms. The summed E-state index contributed by atoms with van der Waals surface area (Å²) in [5, 5.41) is 3.71. The molecule has 154 valence electrons. The highest BCUT2D eigenvalue weighted by atomic mass is 16.5. The van der Waals surface area contributed by atoms with E-state index in [1.165, 1.54) is 0 Å². The number of pyridine rings is 2. The first-order valence-electron chi connectivity index (χ1n) is 10.0. The largest absolute Gasteiger partial charge is 0.383 e. The third-order valence-corrected chi connectivity index (χ3v) is 5.37. The van der Waals surface area contributed by atoms with Crippen LogP contribution in [-0.4, -0.2) is 60.0 Å². The number of hydrogen-bond acceptors (Lipinski definition) is 5. The first kappa shape index (κ1) is 20.0. The highest BCUT2D eigenvalue weighted by Crippen LogP contribution is 2.30. The lowest BCUT2D eigenvalue weighted by Crippen LogP contribution is -2.29. The molecule has 0 radical (unpaired) electrons. The maximum absolute atomic E-state index is 12.8. The number of benzene rings is 1. The molecular weight excluding hydrogens is 380 g/mol. The highest BCUT2D eigenvalue weighted by Gasteiger charge is 2.30. The standard InChI is InChI=1S/C23H24N4O3/c1-30-12-10-25-22(28)19-13-21(26-20-7-3-2-6-18(19)20)17-8-11-27(15-17)23(29)16-5-4-9-24-14-16/h2-7,9,13-14,17H,8,10-12,15H2,1H3,(H,25,28). The van der Waals surface area contributed by atoms with E-state index in [0.717, 1.165) is 23.0 Å². The lowest BCUT2D eigenvalue weighted by molar-refractivity contribution is 0.0789. The summed E-state index contributed by atoms with van der Waals surface area (Å²) < 4.78 is 5.02. The molecule has 0 saturated carbocycles. The zero-order valence-corrected chi connectivity index (χ0v) is 16.9. The third kappa shape index (κ3) is 4.16. The van der Waals surface area contributed by atoms with Gasteiger partial charge in [0.05, 0.1) is 23.3 Å². The first-order valence-corrected chi connectivity index (χ1v) is 10.0. The average molecular weight is 404 g/mol. The van der Waals surface area contributed by atoms with Crippen LogP contribution in [0.3, 0.4) is 0 Å². The maximum Gasteiger partial charge on any atom is 0.255 e. The van der Waals surface area contributed by atoms with Crippen molar-refractivity contribution < 1.29 is 14.3 Å². The van der Waals surface area contributed by atoms with Crippen LogP contribution in [0.5, 0.6) is 0 Å². The van der Waals surface area contributed by atoms with Crippen LogP contribution in [0.15, 0.2) is 54.9 Å². The van der Waals surface area contributed by atoms with Gasteiger partial charge >= 0.3 is 0 Å². The normalized spacial score (nSPS) is 16.0. The Morgan fingerprint density at radius 2 is 2.10 bits per heavy atom. The third-order valence-electron chi connectivity index (χ3n) is 5.37. The maximum atomic E-state index is 12.8. The summed E-state index contributed by atoms with van der Waals surface area (Å²) in [6.07, 6.45) is 4.05. The van der Waals surface area contributed by atoms with Crippen molar-refractivity contribution in [3.05, 3.63) is 71.7 Å².